The molecule has 0 bridgehead atoms. The zero-order valence-corrected chi connectivity index (χ0v) is 24.8. The van der Waals surface area contributed by atoms with Crippen molar-refractivity contribution in [2.24, 2.45) is 0 Å². The molecule has 0 fully saturated rings. The van der Waals surface area contributed by atoms with E-state index in [0.29, 0.717) is 30.8 Å². The molecule has 2 aromatic rings. The molecule has 7 nitrogen and oxygen atoms in total. The van der Waals surface area contributed by atoms with Gasteiger partial charge in [0.25, 0.3) is 5.91 Å². The van der Waals surface area contributed by atoms with Crippen molar-refractivity contribution in [1.29, 1.82) is 0 Å². The van der Waals surface area contributed by atoms with E-state index in [1.54, 1.807) is 37.4 Å². The minimum absolute atomic E-state index is 0.296. The summed E-state index contributed by atoms with van der Waals surface area (Å²) in [5, 5.41) is 5.83. The van der Waals surface area contributed by atoms with Gasteiger partial charge in [-0.3, -0.25) is 9.59 Å². The number of hydrogen-bond donors (Lipinski definition) is 2. The number of nitrogens with zero attached hydrogens (tertiary/aromatic N) is 1. The second kappa shape index (κ2) is 14.2. The second-order valence-electron chi connectivity index (χ2n) is 10.5. The third-order valence-electron chi connectivity index (χ3n) is 6.25. The van der Waals surface area contributed by atoms with Gasteiger partial charge in [-0.15, -0.1) is 0 Å². The van der Waals surface area contributed by atoms with Crippen LogP contribution in [0.1, 0.15) is 68.8 Å². The lowest BCUT2D eigenvalue weighted by molar-refractivity contribution is -0.140. The summed E-state index contributed by atoms with van der Waals surface area (Å²) in [6.07, 6.45) is 2.36. The monoisotopic (exact) mass is 541 g/mol. The molecule has 2 rings (SSSR count). The Morgan fingerprint density at radius 1 is 1.00 bits per heavy atom. The van der Waals surface area contributed by atoms with Gasteiger partial charge in [-0.1, -0.05) is 43.3 Å². The molecule has 0 aromatic heterocycles. The lowest BCUT2D eigenvalue weighted by Crippen LogP contribution is -2.53. The zero-order valence-electron chi connectivity index (χ0n) is 24.0. The topological polar surface area (TPSA) is 87.7 Å². The van der Waals surface area contributed by atoms with E-state index in [1.807, 2.05) is 76.4 Å². The molecular formula is C30H43N3O4S. The van der Waals surface area contributed by atoms with Gasteiger partial charge in [0.1, 0.15) is 17.7 Å². The number of alkyl carbamates (subject to hydrolysis) is 1. The minimum atomic E-state index is -0.876. The Kier molecular flexibility index (Phi) is 11.7. The number of ether oxygens (including phenoxy) is 1. The van der Waals surface area contributed by atoms with Crippen molar-refractivity contribution in [2.75, 3.05) is 23.9 Å². The fourth-order valence-electron chi connectivity index (χ4n) is 4.19. The summed E-state index contributed by atoms with van der Waals surface area (Å²) in [6, 6.07) is 11.7. The fraction of sp³-hybridized carbons (Fsp3) is 0.500. The van der Waals surface area contributed by atoms with E-state index in [-0.39, 0.29) is 11.8 Å². The van der Waals surface area contributed by atoms with Crippen LogP contribution in [0, 0.1) is 20.8 Å². The number of anilines is 1. The molecule has 0 aliphatic heterocycles. The molecule has 3 amide bonds. The van der Waals surface area contributed by atoms with E-state index in [1.165, 1.54) is 0 Å². The van der Waals surface area contributed by atoms with Crippen molar-refractivity contribution in [1.82, 2.24) is 10.2 Å². The summed E-state index contributed by atoms with van der Waals surface area (Å²) < 4.78 is 5.45. The molecule has 2 unspecified atom stereocenters. The molecular weight excluding hydrogens is 498 g/mol. The van der Waals surface area contributed by atoms with E-state index in [0.717, 1.165) is 22.3 Å². The van der Waals surface area contributed by atoms with Crippen LogP contribution in [0.5, 0.6) is 0 Å². The van der Waals surface area contributed by atoms with Crippen LogP contribution in [0.4, 0.5) is 10.5 Å². The summed E-state index contributed by atoms with van der Waals surface area (Å²) in [7, 11) is 0. The van der Waals surface area contributed by atoms with Crippen LogP contribution < -0.4 is 10.6 Å². The van der Waals surface area contributed by atoms with Crippen molar-refractivity contribution >= 4 is 35.4 Å². The molecule has 0 radical (unpaired) electrons. The molecule has 0 saturated heterocycles. The maximum absolute atomic E-state index is 14.1. The number of nitrogens with one attached hydrogen (secondary N) is 2. The van der Waals surface area contributed by atoms with E-state index in [4.69, 9.17) is 4.74 Å². The molecule has 2 N–H and O–H groups in total. The Bertz CT molecular complexity index is 1110. The molecule has 0 saturated carbocycles. The maximum atomic E-state index is 14.1. The van der Waals surface area contributed by atoms with Gasteiger partial charge < -0.3 is 20.3 Å². The number of benzene rings is 2. The normalized spacial score (nSPS) is 12.8. The zero-order chi connectivity index (χ0) is 28.5. The smallest absolute Gasteiger partial charge is 0.408 e. The summed E-state index contributed by atoms with van der Waals surface area (Å²) >= 11 is 1.59. The first-order chi connectivity index (χ1) is 17.9. The molecule has 208 valence electrons. The van der Waals surface area contributed by atoms with E-state index in [9.17, 15) is 14.4 Å². The van der Waals surface area contributed by atoms with Gasteiger partial charge >= 0.3 is 6.09 Å². The number of rotatable bonds is 11. The van der Waals surface area contributed by atoms with Gasteiger partial charge in [-0.2, -0.15) is 11.8 Å². The highest BCUT2D eigenvalue weighted by atomic mass is 32.2. The van der Waals surface area contributed by atoms with Crippen LogP contribution in [0.15, 0.2) is 42.5 Å². The Morgan fingerprint density at radius 2 is 1.66 bits per heavy atom. The lowest BCUT2D eigenvalue weighted by Gasteiger charge is -2.35. The average Bonchev–Trinajstić information content (AvgIpc) is 2.83. The van der Waals surface area contributed by atoms with Crippen LogP contribution >= 0.6 is 11.8 Å². The number of aryl methyl sites for hydroxylation is 2. The highest BCUT2D eigenvalue weighted by Gasteiger charge is 2.36. The van der Waals surface area contributed by atoms with Gasteiger partial charge in [0, 0.05) is 12.2 Å². The Labute approximate surface area is 232 Å². The summed E-state index contributed by atoms with van der Waals surface area (Å²) in [5.74, 6) is 0.0590. The summed E-state index contributed by atoms with van der Waals surface area (Å²) in [6.45, 7) is 13.6. The predicted octanol–water partition coefficient (Wildman–Crippen LogP) is 6.18. The molecule has 8 heteroatoms. The first kappa shape index (κ1) is 31.2. The quantitative estimate of drug-likeness (QED) is 0.355. The van der Waals surface area contributed by atoms with Crippen LogP contribution in [0.2, 0.25) is 0 Å². The average molecular weight is 542 g/mol. The molecule has 0 heterocycles. The Morgan fingerprint density at radius 3 is 2.26 bits per heavy atom. The van der Waals surface area contributed by atoms with E-state index in [2.05, 4.69) is 10.6 Å². The highest BCUT2D eigenvalue weighted by molar-refractivity contribution is 7.98. The largest absolute Gasteiger partial charge is 0.444 e. The van der Waals surface area contributed by atoms with Gasteiger partial charge in [-0.25, -0.2) is 4.79 Å². The maximum Gasteiger partial charge on any atom is 0.408 e. The van der Waals surface area contributed by atoms with Crippen molar-refractivity contribution in [3.8, 4) is 0 Å². The van der Waals surface area contributed by atoms with Gasteiger partial charge in [0.05, 0.1) is 0 Å². The van der Waals surface area contributed by atoms with Crippen LogP contribution in [0.25, 0.3) is 0 Å². The first-order valence-electron chi connectivity index (χ1n) is 13.1. The summed E-state index contributed by atoms with van der Waals surface area (Å²) in [4.78, 5) is 42.4. The Balaban J connectivity index is 2.55. The SMILES string of the molecule is CCCN(C(=O)C(CCSC)NC(=O)OC(C)(C)C)C(C(=O)Nc1ccccc1C)c1cccc(C)c1C. The highest BCUT2D eigenvalue weighted by Crippen LogP contribution is 2.29. The molecule has 0 spiro atoms. The molecule has 2 aromatic carbocycles. The molecule has 2 atom stereocenters. The van der Waals surface area contributed by atoms with Crippen molar-refractivity contribution in [3.63, 3.8) is 0 Å². The van der Waals surface area contributed by atoms with Gasteiger partial charge in [0.15, 0.2) is 0 Å². The first-order valence-corrected chi connectivity index (χ1v) is 14.5. The minimum Gasteiger partial charge on any atom is -0.444 e. The second-order valence-corrected chi connectivity index (χ2v) is 11.5. The third-order valence-corrected chi connectivity index (χ3v) is 6.90. The Hall–Kier alpha value is -3.00. The number of para-hydroxylation sites is 1. The van der Waals surface area contributed by atoms with E-state index < -0.39 is 23.8 Å². The summed E-state index contributed by atoms with van der Waals surface area (Å²) in [5.41, 5.74) is 3.67. The number of carbonyl (C=O) groups is 3. The number of thioether (sulfide) groups is 1. The molecule has 0 aliphatic rings. The van der Waals surface area contributed by atoms with Gasteiger partial charge in [-0.05, 0) is 94.7 Å². The molecule has 38 heavy (non-hydrogen) atoms. The van der Waals surface area contributed by atoms with Crippen molar-refractivity contribution < 1.29 is 19.1 Å². The fourth-order valence-corrected chi connectivity index (χ4v) is 4.66. The number of carbonyl (C=O) groups excluding carboxylic acids is 3. The van der Waals surface area contributed by atoms with Gasteiger partial charge in [0.2, 0.25) is 5.91 Å². The van der Waals surface area contributed by atoms with Crippen molar-refractivity contribution in [3.05, 3.63) is 64.7 Å². The predicted molar refractivity (Wildman–Crippen MR) is 157 cm³/mol. The van der Waals surface area contributed by atoms with Crippen molar-refractivity contribution in [2.45, 2.75) is 79.0 Å². The number of hydrogen-bond acceptors (Lipinski definition) is 5. The van der Waals surface area contributed by atoms with Crippen LogP contribution in [-0.2, 0) is 14.3 Å². The third kappa shape index (κ3) is 8.79. The van der Waals surface area contributed by atoms with Crippen LogP contribution in [0.3, 0.4) is 0 Å². The van der Waals surface area contributed by atoms with E-state index >= 15 is 0 Å². The lowest BCUT2D eigenvalue weighted by atomic mass is 9.94. The standard InChI is InChI=1S/C30H43N3O4S/c1-9-18-33(28(35)25(17-19-38-8)32-29(36)37-30(5,6)7)26(23-15-12-14-20(2)22(23)4)27(34)31-24-16-11-10-13-21(24)3/h10-16,25-26H,9,17-19H2,1-8H3,(H,31,34)(H,32,36). The molecule has 0 aliphatic carbocycles. The van der Waals surface area contributed by atoms with Crippen LogP contribution in [-0.4, -0.2) is 53.0 Å². The number of amides is 3.